The lowest BCUT2D eigenvalue weighted by atomic mass is 10.0. The van der Waals surface area contributed by atoms with Crippen LogP contribution in [0.2, 0.25) is 0 Å². The highest BCUT2D eigenvalue weighted by Crippen LogP contribution is 2.43. The molecule has 9 rings (SSSR count). The average molecular weight is 672 g/mol. The molecular formula is C42H27BrN2S. The van der Waals surface area contributed by atoms with Gasteiger partial charge in [-0.1, -0.05) is 107 Å². The number of anilines is 3. The third-order valence-electron chi connectivity index (χ3n) is 8.85. The Kier molecular flexibility index (Phi) is 6.51. The first-order valence-electron chi connectivity index (χ1n) is 15.4. The largest absolute Gasteiger partial charge is 0.310 e. The summed E-state index contributed by atoms with van der Waals surface area (Å²) in [4.78, 5) is 2.35. The Balaban J connectivity index is 1.27. The molecule has 0 aliphatic heterocycles. The number of fused-ring (bicyclic) bond motifs is 6. The average Bonchev–Trinajstić information content (AvgIpc) is 3.63. The van der Waals surface area contributed by atoms with Crippen LogP contribution >= 0.6 is 27.3 Å². The molecule has 0 amide bonds. The van der Waals surface area contributed by atoms with Gasteiger partial charge in [-0.05, 0) is 83.9 Å². The second-order valence-electron chi connectivity index (χ2n) is 11.5. The highest BCUT2D eigenvalue weighted by molar-refractivity contribution is 9.10. The van der Waals surface area contributed by atoms with Gasteiger partial charge < -0.3 is 9.47 Å². The van der Waals surface area contributed by atoms with Crippen LogP contribution in [-0.2, 0) is 0 Å². The van der Waals surface area contributed by atoms with E-state index in [1.54, 1.807) is 0 Å². The minimum atomic E-state index is 1.09. The molecule has 0 fully saturated rings. The van der Waals surface area contributed by atoms with E-state index in [0.717, 1.165) is 27.2 Å². The number of hydrogen-bond donors (Lipinski definition) is 0. The molecule has 0 radical (unpaired) electrons. The van der Waals surface area contributed by atoms with Gasteiger partial charge in [0.15, 0.2) is 0 Å². The van der Waals surface area contributed by atoms with E-state index in [1.807, 2.05) is 11.3 Å². The van der Waals surface area contributed by atoms with Crippen molar-refractivity contribution in [1.29, 1.82) is 0 Å². The molecule has 0 aliphatic carbocycles. The van der Waals surface area contributed by atoms with Crippen molar-refractivity contribution in [2.45, 2.75) is 0 Å². The lowest BCUT2D eigenvalue weighted by Gasteiger charge is -2.26. The van der Waals surface area contributed by atoms with Crippen LogP contribution in [-0.4, -0.2) is 4.57 Å². The molecule has 2 heterocycles. The van der Waals surface area contributed by atoms with Crippen LogP contribution in [0.3, 0.4) is 0 Å². The Morgan fingerprint density at radius 3 is 1.91 bits per heavy atom. The molecule has 9 aromatic rings. The summed E-state index contributed by atoms with van der Waals surface area (Å²) in [5.74, 6) is 0. The Labute approximate surface area is 279 Å². The predicted molar refractivity (Wildman–Crippen MR) is 201 cm³/mol. The van der Waals surface area contributed by atoms with Crippen molar-refractivity contribution in [3.8, 4) is 16.8 Å². The van der Waals surface area contributed by atoms with E-state index in [0.29, 0.717) is 0 Å². The molecule has 0 aliphatic rings. The van der Waals surface area contributed by atoms with E-state index < -0.39 is 0 Å². The SMILES string of the molecule is Brc1ccccc1-c1ccc(N(c2ccccc2)c2ccc3c4cc5c(cc4n(-c4ccccc4)c3c2)sc2ccccc25)cc1. The molecule has 0 saturated heterocycles. The molecule has 0 saturated carbocycles. The molecule has 0 unspecified atom stereocenters. The number of rotatable bonds is 5. The van der Waals surface area contributed by atoms with Crippen LogP contribution in [0.1, 0.15) is 0 Å². The fraction of sp³-hybridized carbons (Fsp3) is 0. The Bertz CT molecular complexity index is 2530. The number of halogens is 1. The molecule has 46 heavy (non-hydrogen) atoms. The number of nitrogens with zero attached hydrogens (tertiary/aromatic N) is 2. The number of para-hydroxylation sites is 2. The minimum Gasteiger partial charge on any atom is -0.310 e. The first-order chi connectivity index (χ1) is 22.7. The number of hydrogen-bond acceptors (Lipinski definition) is 2. The normalized spacial score (nSPS) is 11.6. The maximum absolute atomic E-state index is 3.73. The lowest BCUT2D eigenvalue weighted by Crippen LogP contribution is -2.10. The standard InChI is InChI=1S/C42H27BrN2S/c43-38-17-9-7-15-33(38)28-19-21-31(22-20-28)44(29-11-3-1-4-12-29)32-23-24-34-36-26-37-35-16-8-10-18-41(35)46-42(37)27-40(36)45(39(34)25-32)30-13-5-2-6-14-30/h1-27H. The monoisotopic (exact) mass is 670 g/mol. The molecule has 0 atom stereocenters. The molecule has 7 aromatic carbocycles. The summed E-state index contributed by atoms with van der Waals surface area (Å²) < 4.78 is 6.16. The summed E-state index contributed by atoms with van der Waals surface area (Å²) >= 11 is 5.60. The molecule has 0 spiro atoms. The quantitative estimate of drug-likeness (QED) is 0.177. The zero-order chi connectivity index (χ0) is 30.6. The van der Waals surface area contributed by atoms with Crippen LogP contribution in [0.15, 0.2) is 168 Å². The summed E-state index contributed by atoms with van der Waals surface area (Å²) in [6.45, 7) is 0. The zero-order valence-corrected chi connectivity index (χ0v) is 27.2. The fourth-order valence-electron chi connectivity index (χ4n) is 6.73. The van der Waals surface area contributed by atoms with Crippen LogP contribution in [0.4, 0.5) is 17.1 Å². The summed E-state index contributed by atoms with van der Waals surface area (Å²) in [7, 11) is 0. The van der Waals surface area contributed by atoms with Gasteiger partial charge in [0.25, 0.3) is 0 Å². The van der Waals surface area contributed by atoms with E-state index in [4.69, 9.17) is 0 Å². The van der Waals surface area contributed by atoms with Gasteiger partial charge in [-0.25, -0.2) is 0 Å². The lowest BCUT2D eigenvalue weighted by molar-refractivity contribution is 1.18. The number of aromatic nitrogens is 1. The van der Waals surface area contributed by atoms with Gasteiger partial charge in [-0.15, -0.1) is 11.3 Å². The van der Waals surface area contributed by atoms with Crippen molar-refractivity contribution < 1.29 is 0 Å². The van der Waals surface area contributed by atoms with Crippen molar-refractivity contribution >= 4 is 86.3 Å². The zero-order valence-electron chi connectivity index (χ0n) is 24.8. The first-order valence-corrected chi connectivity index (χ1v) is 17.0. The van der Waals surface area contributed by atoms with Crippen LogP contribution in [0.25, 0.3) is 58.8 Å². The van der Waals surface area contributed by atoms with Gasteiger partial charge in [0.05, 0.1) is 11.0 Å². The van der Waals surface area contributed by atoms with E-state index in [9.17, 15) is 0 Å². The van der Waals surface area contributed by atoms with Crippen LogP contribution in [0, 0.1) is 0 Å². The Morgan fingerprint density at radius 2 is 1.11 bits per heavy atom. The third kappa shape index (κ3) is 4.45. The molecule has 0 bridgehead atoms. The first kappa shape index (κ1) is 27.2. The third-order valence-corrected chi connectivity index (χ3v) is 10.7. The number of benzene rings is 7. The van der Waals surface area contributed by atoms with Gasteiger partial charge in [-0.2, -0.15) is 0 Å². The van der Waals surface area contributed by atoms with Gasteiger partial charge in [0.2, 0.25) is 0 Å². The van der Waals surface area contributed by atoms with Crippen molar-refractivity contribution in [2.75, 3.05) is 4.90 Å². The topological polar surface area (TPSA) is 8.17 Å². The van der Waals surface area contributed by atoms with E-state index in [1.165, 1.54) is 53.1 Å². The second-order valence-corrected chi connectivity index (χ2v) is 13.5. The molecule has 218 valence electrons. The van der Waals surface area contributed by atoms with Gasteiger partial charge in [0, 0.05) is 58.2 Å². The Hall–Kier alpha value is -5.16. The highest BCUT2D eigenvalue weighted by Gasteiger charge is 2.19. The maximum atomic E-state index is 3.73. The summed E-state index contributed by atoms with van der Waals surface area (Å²) in [6, 6.07) is 59.1. The van der Waals surface area contributed by atoms with Crippen molar-refractivity contribution in [3.63, 3.8) is 0 Å². The van der Waals surface area contributed by atoms with E-state index >= 15 is 0 Å². The molecule has 0 N–H and O–H groups in total. The molecule has 2 nitrogen and oxygen atoms in total. The number of thiophene rings is 1. The second kappa shape index (κ2) is 11.0. The van der Waals surface area contributed by atoms with Crippen LogP contribution < -0.4 is 4.90 Å². The van der Waals surface area contributed by atoms with Crippen molar-refractivity contribution in [2.24, 2.45) is 0 Å². The highest BCUT2D eigenvalue weighted by atomic mass is 79.9. The van der Waals surface area contributed by atoms with E-state index in [-0.39, 0.29) is 0 Å². The fourth-order valence-corrected chi connectivity index (χ4v) is 8.36. The predicted octanol–water partition coefficient (Wildman–Crippen LogP) is 13.1. The molecule has 4 heteroatoms. The smallest absolute Gasteiger partial charge is 0.0561 e. The minimum absolute atomic E-state index is 1.09. The molecular weight excluding hydrogens is 644 g/mol. The Morgan fingerprint density at radius 1 is 0.457 bits per heavy atom. The van der Waals surface area contributed by atoms with Gasteiger partial charge >= 0.3 is 0 Å². The van der Waals surface area contributed by atoms with Crippen molar-refractivity contribution in [3.05, 3.63) is 168 Å². The summed E-state index contributed by atoms with van der Waals surface area (Å²) in [5, 5.41) is 5.16. The van der Waals surface area contributed by atoms with Gasteiger partial charge in [0.1, 0.15) is 0 Å². The summed E-state index contributed by atoms with van der Waals surface area (Å²) in [5.41, 5.74) is 9.26. The van der Waals surface area contributed by atoms with Crippen LogP contribution in [0.5, 0.6) is 0 Å². The molecule has 2 aromatic heterocycles. The maximum Gasteiger partial charge on any atom is 0.0561 e. The van der Waals surface area contributed by atoms with Gasteiger partial charge in [-0.3, -0.25) is 0 Å². The summed E-state index contributed by atoms with van der Waals surface area (Å²) in [6.07, 6.45) is 0. The van der Waals surface area contributed by atoms with Crippen molar-refractivity contribution in [1.82, 2.24) is 4.57 Å². The van der Waals surface area contributed by atoms with E-state index in [2.05, 4.69) is 189 Å².